The molecule has 0 aliphatic rings. The lowest BCUT2D eigenvalue weighted by molar-refractivity contribution is -0.145. The number of hydrogen-bond acceptors (Lipinski definition) is 5. The summed E-state index contributed by atoms with van der Waals surface area (Å²) in [5.41, 5.74) is 10.3. The maximum absolute atomic E-state index is 11.8. The molecule has 0 aromatic heterocycles. The SMILES string of the molecule is C[C@H](N)C(=O)N(C)[C@@H](C)C(=O)N[C@@H](CC(N)=O)C(=O)O. The molecule has 20 heavy (non-hydrogen) atoms. The highest BCUT2D eigenvalue weighted by atomic mass is 16.4. The fourth-order valence-electron chi connectivity index (χ4n) is 1.38. The van der Waals surface area contributed by atoms with Crippen molar-refractivity contribution in [3.63, 3.8) is 0 Å². The third-order valence-corrected chi connectivity index (χ3v) is 2.72. The van der Waals surface area contributed by atoms with Crippen LogP contribution < -0.4 is 16.8 Å². The van der Waals surface area contributed by atoms with E-state index in [1.807, 2.05) is 0 Å². The van der Waals surface area contributed by atoms with Crippen LogP contribution in [0, 0.1) is 0 Å². The summed E-state index contributed by atoms with van der Waals surface area (Å²) in [7, 11) is 1.37. The molecule has 6 N–H and O–H groups in total. The van der Waals surface area contributed by atoms with Crippen LogP contribution in [0.15, 0.2) is 0 Å². The Hall–Kier alpha value is -2.16. The first-order chi connectivity index (χ1) is 9.07. The Balaban J connectivity index is 4.76. The van der Waals surface area contributed by atoms with Crippen LogP contribution in [-0.4, -0.2) is 58.9 Å². The highest BCUT2D eigenvalue weighted by Gasteiger charge is 2.28. The molecule has 0 spiro atoms. The lowest BCUT2D eigenvalue weighted by atomic mass is 10.1. The second-order valence-corrected chi connectivity index (χ2v) is 4.48. The summed E-state index contributed by atoms with van der Waals surface area (Å²) < 4.78 is 0. The number of aliphatic carboxylic acids is 1. The van der Waals surface area contributed by atoms with Gasteiger partial charge < -0.3 is 26.8 Å². The van der Waals surface area contributed by atoms with Crippen LogP contribution in [-0.2, 0) is 19.2 Å². The van der Waals surface area contributed by atoms with Crippen LogP contribution >= 0.6 is 0 Å². The Labute approximate surface area is 116 Å². The Morgan fingerprint density at radius 3 is 2.10 bits per heavy atom. The van der Waals surface area contributed by atoms with E-state index in [0.717, 1.165) is 4.90 Å². The van der Waals surface area contributed by atoms with Gasteiger partial charge in [-0.05, 0) is 13.8 Å². The summed E-state index contributed by atoms with van der Waals surface area (Å²) in [4.78, 5) is 46.2. The van der Waals surface area contributed by atoms with E-state index in [0.29, 0.717) is 0 Å². The molecule has 0 heterocycles. The van der Waals surface area contributed by atoms with Gasteiger partial charge in [-0.1, -0.05) is 0 Å². The van der Waals surface area contributed by atoms with Gasteiger partial charge in [-0.15, -0.1) is 0 Å². The van der Waals surface area contributed by atoms with Gasteiger partial charge in [0.05, 0.1) is 12.5 Å². The van der Waals surface area contributed by atoms with E-state index in [-0.39, 0.29) is 0 Å². The molecule has 3 atom stereocenters. The molecule has 0 rings (SSSR count). The van der Waals surface area contributed by atoms with Crippen LogP contribution in [0.25, 0.3) is 0 Å². The van der Waals surface area contributed by atoms with E-state index in [2.05, 4.69) is 5.32 Å². The van der Waals surface area contributed by atoms with Crippen LogP contribution in [0.1, 0.15) is 20.3 Å². The van der Waals surface area contributed by atoms with Crippen LogP contribution in [0.5, 0.6) is 0 Å². The van der Waals surface area contributed by atoms with Gasteiger partial charge in [0.15, 0.2) is 0 Å². The van der Waals surface area contributed by atoms with Crippen LogP contribution in [0.4, 0.5) is 0 Å². The average Bonchev–Trinajstić information content (AvgIpc) is 2.34. The van der Waals surface area contributed by atoms with Gasteiger partial charge in [-0.3, -0.25) is 14.4 Å². The summed E-state index contributed by atoms with van der Waals surface area (Å²) >= 11 is 0. The van der Waals surface area contributed by atoms with Gasteiger partial charge in [-0.2, -0.15) is 0 Å². The monoisotopic (exact) mass is 288 g/mol. The Kier molecular flexibility index (Phi) is 6.63. The molecule has 0 unspecified atom stereocenters. The molecule has 0 saturated heterocycles. The van der Waals surface area contributed by atoms with Crippen molar-refractivity contribution in [2.24, 2.45) is 11.5 Å². The van der Waals surface area contributed by atoms with Crippen molar-refractivity contribution in [3.05, 3.63) is 0 Å². The second-order valence-electron chi connectivity index (χ2n) is 4.48. The van der Waals surface area contributed by atoms with Crippen molar-refractivity contribution in [3.8, 4) is 0 Å². The quantitative estimate of drug-likeness (QED) is 0.410. The zero-order valence-corrected chi connectivity index (χ0v) is 11.6. The summed E-state index contributed by atoms with van der Waals surface area (Å²) in [5, 5.41) is 11.0. The molecule has 0 aromatic carbocycles. The first-order valence-corrected chi connectivity index (χ1v) is 5.91. The predicted octanol–water partition coefficient (Wildman–Crippen LogP) is -2.37. The number of carbonyl (C=O) groups is 4. The fraction of sp³-hybridized carbons (Fsp3) is 0.636. The lowest BCUT2D eigenvalue weighted by Crippen LogP contribution is -2.53. The van der Waals surface area contributed by atoms with E-state index in [1.165, 1.54) is 20.9 Å². The Morgan fingerprint density at radius 2 is 1.75 bits per heavy atom. The molecule has 0 fully saturated rings. The van der Waals surface area contributed by atoms with E-state index in [4.69, 9.17) is 16.6 Å². The van der Waals surface area contributed by atoms with Crippen molar-refractivity contribution in [1.82, 2.24) is 10.2 Å². The van der Waals surface area contributed by atoms with Gasteiger partial charge in [0.2, 0.25) is 17.7 Å². The van der Waals surface area contributed by atoms with Crippen molar-refractivity contribution >= 4 is 23.7 Å². The van der Waals surface area contributed by atoms with E-state index in [9.17, 15) is 19.2 Å². The number of likely N-dealkylation sites (N-methyl/N-ethyl adjacent to an activating group) is 1. The standard InChI is InChI=1S/C11H20N4O5/c1-5(12)10(18)15(3)6(2)9(17)14-7(11(19)20)4-8(13)16/h5-7H,4,12H2,1-3H3,(H2,13,16)(H,14,17)(H,19,20)/t5-,6-,7-/m0/s1. The van der Waals surface area contributed by atoms with Gasteiger partial charge in [-0.25, -0.2) is 4.79 Å². The number of carboxylic acid groups (broad SMARTS) is 1. The van der Waals surface area contributed by atoms with E-state index in [1.54, 1.807) is 0 Å². The van der Waals surface area contributed by atoms with E-state index >= 15 is 0 Å². The van der Waals surface area contributed by atoms with Crippen LogP contribution in [0.3, 0.4) is 0 Å². The zero-order valence-electron chi connectivity index (χ0n) is 11.6. The molecule has 114 valence electrons. The highest BCUT2D eigenvalue weighted by Crippen LogP contribution is 2.01. The number of amides is 3. The van der Waals surface area contributed by atoms with Gasteiger partial charge in [0.25, 0.3) is 0 Å². The van der Waals surface area contributed by atoms with Crippen LogP contribution in [0.2, 0.25) is 0 Å². The molecule has 0 aliphatic carbocycles. The fourth-order valence-corrected chi connectivity index (χ4v) is 1.38. The number of nitrogens with two attached hydrogens (primary N) is 2. The number of primary amides is 1. The normalized spacial score (nSPS) is 14.8. The topological polar surface area (TPSA) is 156 Å². The molecule has 0 radical (unpaired) electrons. The molecule has 9 nitrogen and oxygen atoms in total. The second kappa shape index (κ2) is 7.43. The average molecular weight is 288 g/mol. The molecule has 9 heteroatoms. The molecule has 0 saturated carbocycles. The van der Waals surface area contributed by atoms with Crippen molar-refractivity contribution < 1.29 is 24.3 Å². The third-order valence-electron chi connectivity index (χ3n) is 2.72. The minimum Gasteiger partial charge on any atom is -0.480 e. The summed E-state index contributed by atoms with van der Waals surface area (Å²) in [6.07, 6.45) is -0.529. The molecular weight excluding hydrogens is 268 g/mol. The van der Waals surface area contributed by atoms with Crippen molar-refractivity contribution in [2.75, 3.05) is 7.05 Å². The number of rotatable bonds is 7. The first kappa shape index (κ1) is 17.8. The van der Waals surface area contributed by atoms with Gasteiger partial charge in [0, 0.05) is 7.05 Å². The number of nitrogens with one attached hydrogen (secondary N) is 1. The predicted molar refractivity (Wildman–Crippen MR) is 69.3 cm³/mol. The summed E-state index contributed by atoms with van der Waals surface area (Å²) in [6.45, 7) is 2.88. The highest BCUT2D eigenvalue weighted by molar-refractivity contribution is 5.92. The first-order valence-electron chi connectivity index (χ1n) is 5.91. The molecule has 3 amide bonds. The van der Waals surface area contributed by atoms with Crippen molar-refractivity contribution in [1.29, 1.82) is 0 Å². The minimum absolute atomic E-state index is 0.463. The largest absolute Gasteiger partial charge is 0.480 e. The van der Waals surface area contributed by atoms with Crippen molar-refractivity contribution in [2.45, 2.75) is 38.4 Å². The summed E-state index contributed by atoms with van der Waals surface area (Å²) in [6, 6.07) is -3.14. The summed E-state index contributed by atoms with van der Waals surface area (Å²) in [5.74, 6) is -3.42. The molecule has 0 aromatic rings. The molecule has 0 bridgehead atoms. The minimum atomic E-state index is -1.43. The maximum Gasteiger partial charge on any atom is 0.326 e. The number of carbonyl (C=O) groups excluding carboxylic acids is 3. The number of nitrogens with zero attached hydrogens (tertiary/aromatic N) is 1. The Morgan fingerprint density at radius 1 is 1.25 bits per heavy atom. The molecule has 0 aliphatic heterocycles. The van der Waals surface area contributed by atoms with Gasteiger partial charge >= 0.3 is 5.97 Å². The molecular formula is C11H20N4O5. The van der Waals surface area contributed by atoms with E-state index < -0.39 is 48.2 Å². The number of hydrogen-bond donors (Lipinski definition) is 4. The number of carboxylic acids is 1. The Bertz CT molecular complexity index is 410. The lowest BCUT2D eigenvalue weighted by Gasteiger charge is -2.26. The smallest absolute Gasteiger partial charge is 0.326 e. The zero-order chi connectivity index (χ0) is 16.0. The maximum atomic E-state index is 11.8. The third kappa shape index (κ3) is 5.22. The van der Waals surface area contributed by atoms with Gasteiger partial charge in [0.1, 0.15) is 12.1 Å².